The molecule has 0 heteroatoms. The van der Waals surface area contributed by atoms with Crippen molar-refractivity contribution in [1.29, 1.82) is 0 Å². The molecule has 1 aliphatic rings. The van der Waals surface area contributed by atoms with Crippen molar-refractivity contribution in [1.82, 2.24) is 0 Å². The molecular weight excluding hydrogens is 252 g/mol. The first-order valence-corrected chi connectivity index (χ1v) is 8.07. The van der Waals surface area contributed by atoms with E-state index >= 15 is 0 Å². The highest BCUT2D eigenvalue weighted by Gasteiger charge is 2.37. The predicted molar refractivity (Wildman–Crippen MR) is 95.8 cm³/mol. The van der Waals surface area contributed by atoms with Crippen LogP contribution in [0.1, 0.15) is 52.2 Å². The van der Waals surface area contributed by atoms with E-state index in [2.05, 4.69) is 62.0 Å². The number of benzene rings is 2. The maximum atomic E-state index is 3.92. The van der Waals surface area contributed by atoms with Crippen LogP contribution in [0.15, 0.2) is 61.2 Å². The molecule has 0 fully saturated rings. The molecule has 0 saturated carbocycles. The summed E-state index contributed by atoms with van der Waals surface area (Å²) in [6.45, 7) is 14.2. The lowest BCUT2D eigenvalue weighted by atomic mass is 9.77. The fourth-order valence-electron chi connectivity index (χ4n) is 3.05. The molecule has 2 aromatic rings. The second kappa shape index (κ2) is 7.83. The summed E-state index contributed by atoms with van der Waals surface area (Å²) in [5.41, 5.74) is 5.72. The Hall–Kier alpha value is -1.82. The quantitative estimate of drug-likeness (QED) is 0.543. The van der Waals surface area contributed by atoms with Gasteiger partial charge in [-0.05, 0) is 28.7 Å². The van der Waals surface area contributed by atoms with E-state index in [1.54, 1.807) is 0 Å². The topological polar surface area (TPSA) is 0 Å². The van der Waals surface area contributed by atoms with Gasteiger partial charge in [0.1, 0.15) is 0 Å². The number of allylic oxidation sites excluding steroid dienone is 1. The Labute approximate surface area is 130 Å². The lowest BCUT2D eigenvalue weighted by Crippen LogP contribution is -2.19. The highest BCUT2D eigenvalue weighted by molar-refractivity contribution is 5.80. The molecule has 0 bridgehead atoms. The van der Waals surface area contributed by atoms with Gasteiger partial charge in [-0.3, -0.25) is 0 Å². The van der Waals surface area contributed by atoms with Crippen molar-refractivity contribution in [2.75, 3.05) is 0 Å². The summed E-state index contributed by atoms with van der Waals surface area (Å²) in [5, 5.41) is 0. The van der Waals surface area contributed by atoms with E-state index in [0.29, 0.717) is 0 Å². The van der Waals surface area contributed by atoms with Gasteiger partial charge in [0.2, 0.25) is 0 Å². The Kier molecular flexibility index (Phi) is 6.42. The number of hydrogen-bond donors (Lipinski definition) is 0. The third kappa shape index (κ3) is 2.95. The van der Waals surface area contributed by atoms with Crippen LogP contribution in [0.2, 0.25) is 0 Å². The van der Waals surface area contributed by atoms with Gasteiger partial charge in [0.05, 0.1) is 0 Å². The van der Waals surface area contributed by atoms with E-state index in [4.69, 9.17) is 0 Å². The molecule has 0 radical (unpaired) electrons. The molecular formula is C21H28. The summed E-state index contributed by atoms with van der Waals surface area (Å²) in [6.07, 6.45) is 3.01. The number of fused-ring (bicyclic) bond motifs is 3. The van der Waals surface area contributed by atoms with Crippen molar-refractivity contribution >= 4 is 0 Å². The van der Waals surface area contributed by atoms with Crippen LogP contribution in [-0.2, 0) is 5.41 Å². The first-order valence-electron chi connectivity index (χ1n) is 8.07. The fourth-order valence-corrected chi connectivity index (χ4v) is 3.05. The van der Waals surface area contributed by atoms with Crippen LogP contribution in [-0.4, -0.2) is 0 Å². The lowest BCUT2D eigenvalue weighted by Gasteiger charge is -2.25. The maximum Gasteiger partial charge on any atom is 0.0221 e. The second-order valence-corrected chi connectivity index (χ2v) is 4.92. The zero-order chi connectivity index (χ0) is 15.9. The molecule has 0 heterocycles. The molecule has 112 valence electrons. The van der Waals surface area contributed by atoms with Crippen LogP contribution in [0.3, 0.4) is 0 Å². The van der Waals surface area contributed by atoms with Gasteiger partial charge in [-0.1, -0.05) is 89.2 Å². The third-order valence-electron chi connectivity index (χ3n) is 3.89. The largest absolute Gasteiger partial charge is 0.103 e. The molecule has 0 nitrogen and oxygen atoms in total. The van der Waals surface area contributed by atoms with E-state index < -0.39 is 0 Å². The summed E-state index contributed by atoms with van der Waals surface area (Å²) >= 11 is 0. The van der Waals surface area contributed by atoms with E-state index in [9.17, 15) is 0 Å². The van der Waals surface area contributed by atoms with Crippen LogP contribution in [0.4, 0.5) is 0 Å². The molecule has 1 aliphatic carbocycles. The van der Waals surface area contributed by atoms with Crippen molar-refractivity contribution in [2.45, 2.75) is 46.5 Å². The van der Waals surface area contributed by atoms with Gasteiger partial charge in [-0.25, -0.2) is 0 Å². The first-order chi connectivity index (χ1) is 10.3. The van der Waals surface area contributed by atoms with Gasteiger partial charge < -0.3 is 0 Å². The third-order valence-corrected chi connectivity index (χ3v) is 3.89. The zero-order valence-corrected chi connectivity index (χ0v) is 14.1. The molecule has 3 rings (SSSR count). The summed E-state index contributed by atoms with van der Waals surface area (Å²) in [7, 11) is 0. The predicted octanol–water partition coefficient (Wildman–Crippen LogP) is 6.60. The molecule has 2 aromatic carbocycles. The van der Waals surface area contributed by atoms with Crippen molar-refractivity contribution in [3.63, 3.8) is 0 Å². The molecule has 0 unspecified atom stereocenters. The first kappa shape index (κ1) is 17.2. The van der Waals surface area contributed by atoms with E-state index in [1.807, 2.05) is 33.8 Å². The summed E-state index contributed by atoms with van der Waals surface area (Å²) in [5.74, 6) is 0. The van der Waals surface area contributed by atoms with Gasteiger partial charge in [0, 0.05) is 5.41 Å². The SMILES string of the molecule is C=CCC1(C)c2ccccc2-c2ccccc21.CC.CC. The molecule has 0 atom stereocenters. The minimum atomic E-state index is 0.0922. The van der Waals surface area contributed by atoms with Gasteiger partial charge in [-0.15, -0.1) is 6.58 Å². The Morgan fingerprint density at radius 2 is 1.19 bits per heavy atom. The summed E-state index contributed by atoms with van der Waals surface area (Å²) < 4.78 is 0. The maximum absolute atomic E-state index is 3.92. The molecule has 0 saturated heterocycles. The minimum Gasteiger partial charge on any atom is -0.103 e. The van der Waals surface area contributed by atoms with Crippen molar-refractivity contribution in [2.24, 2.45) is 0 Å². The molecule has 0 amide bonds. The summed E-state index contributed by atoms with van der Waals surface area (Å²) in [4.78, 5) is 0. The Bertz CT molecular complexity index is 533. The Morgan fingerprint density at radius 3 is 1.57 bits per heavy atom. The van der Waals surface area contributed by atoms with Gasteiger partial charge >= 0.3 is 0 Å². The van der Waals surface area contributed by atoms with Crippen molar-refractivity contribution < 1.29 is 0 Å². The van der Waals surface area contributed by atoms with Gasteiger partial charge in [-0.2, -0.15) is 0 Å². The van der Waals surface area contributed by atoms with Crippen LogP contribution in [0, 0.1) is 0 Å². The molecule has 0 aliphatic heterocycles. The monoisotopic (exact) mass is 280 g/mol. The highest BCUT2D eigenvalue weighted by Crippen LogP contribution is 2.50. The lowest BCUT2D eigenvalue weighted by molar-refractivity contribution is 0.597. The average Bonchev–Trinajstić information content (AvgIpc) is 2.82. The van der Waals surface area contributed by atoms with Crippen LogP contribution in [0.25, 0.3) is 11.1 Å². The number of rotatable bonds is 2. The molecule has 0 N–H and O–H groups in total. The van der Waals surface area contributed by atoms with Gasteiger partial charge in [0.25, 0.3) is 0 Å². The number of hydrogen-bond acceptors (Lipinski definition) is 0. The highest BCUT2D eigenvalue weighted by atomic mass is 14.4. The smallest absolute Gasteiger partial charge is 0.0221 e. The Balaban J connectivity index is 0.000000510. The van der Waals surface area contributed by atoms with Crippen molar-refractivity contribution in [3.05, 3.63) is 72.3 Å². The molecule has 0 spiro atoms. The average molecular weight is 280 g/mol. The fraction of sp³-hybridized carbons (Fsp3) is 0.333. The molecule has 21 heavy (non-hydrogen) atoms. The van der Waals surface area contributed by atoms with E-state index in [-0.39, 0.29) is 5.41 Å². The van der Waals surface area contributed by atoms with Crippen LogP contribution >= 0.6 is 0 Å². The zero-order valence-electron chi connectivity index (χ0n) is 14.1. The van der Waals surface area contributed by atoms with Gasteiger partial charge in [0.15, 0.2) is 0 Å². The summed E-state index contributed by atoms with van der Waals surface area (Å²) in [6, 6.07) is 17.4. The van der Waals surface area contributed by atoms with Crippen LogP contribution < -0.4 is 0 Å². The van der Waals surface area contributed by atoms with Crippen molar-refractivity contribution in [3.8, 4) is 11.1 Å². The van der Waals surface area contributed by atoms with E-state index in [1.165, 1.54) is 22.3 Å². The Morgan fingerprint density at radius 1 is 0.810 bits per heavy atom. The normalized spacial score (nSPS) is 12.8. The van der Waals surface area contributed by atoms with E-state index in [0.717, 1.165) is 6.42 Å². The second-order valence-electron chi connectivity index (χ2n) is 4.92. The standard InChI is InChI=1S/C17H16.2C2H6/c1-3-12-17(2)15-10-6-4-8-13(15)14-9-5-7-11-16(14)17;2*1-2/h3-11H,1,12H2,2H3;2*1-2H3. The molecule has 0 aromatic heterocycles. The van der Waals surface area contributed by atoms with Crippen LogP contribution in [0.5, 0.6) is 0 Å². The minimum absolute atomic E-state index is 0.0922.